The minimum Gasteiger partial charge on any atom is -0.481 e. The predicted octanol–water partition coefficient (Wildman–Crippen LogP) is 4.33. The fraction of sp³-hybridized carbons (Fsp3) is 0.0417. The zero-order valence-electron chi connectivity index (χ0n) is 18.0. The summed E-state index contributed by atoms with van der Waals surface area (Å²) in [5, 5.41) is 2.74. The monoisotopic (exact) mass is 476 g/mol. The molecule has 34 heavy (non-hydrogen) atoms. The van der Waals surface area contributed by atoms with Gasteiger partial charge in [-0.2, -0.15) is 0 Å². The predicted molar refractivity (Wildman–Crippen MR) is 127 cm³/mol. The van der Waals surface area contributed by atoms with Gasteiger partial charge in [0.2, 0.25) is 5.88 Å². The number of carbonyl (C=O) groups excluding carboxylic acids is 1. The number of methoxy groups -OCH3 is 1. The van der Waals surface area contributed by atoms with Crippen LogP contribution in [0.4, 0.5) is 11.5 Å². The molecule has 1 aromatic heterocycles. The summed E-state index contributed by atoms with van der Waals surface area (Å²) in [7, 11) is -2.47. The molecule has 1 amide bonds. The number of amides is 1. The molecule has 1 heterocycles. The van der Waals surface area contributed by atoms with Crippen LogP contribution in [0.1, 0.15) is 10.4 Å². The van der Waals surface area contributed by atoms with Crippen molar-refractivity contribution in [2.75, 3.05) is 17.1 Å². The molecule has 0 aliphatic carbocycles. The van der Waals surface area contributed by atoms with Crippen LogP contribution < -0.4 is 19.5 Å². The molecule has 3 aromatic carbocycles. The molecule has 9 nitrogen and oxygen atoms in total. The first-order chi connectivity index (χ1) is 16.4. The Morgan fingerprint density at radius 3 is 2.21 bits per heavy atom. The maximum atomic E-state index is 12.6. The van der Waals surface area contributed by atoms with Crippen molar-refractivity contribution in [1.29, 1.82) is 0 Å². The number of para-hydroxylation sites is 1. The summed E-state index contributed by atoms with van der Waals surface area (Å²) >= 11 is 0. The van der Waals surface area contributed by atoms with Crippen molar-refractivity contribution in [3.63, 3.8) is 0 Å². The average Bonchev–Trinajstić information content (AvgIpc) is 2.85. The van der Waals surface area contributed by atoms with Gasteiger partial charge in [-0.1, -0.05) is 18.2 Å². The van der Waals surface area contributed by atoms with Gasteiger partial charge in [-0.05, 0) is 60.7 Å². The minimum absolute atomic E-state index is 0.00508. The molecule has 0 saturated carbocycles. The summed E-state index contributed by atoms with van der Waals surface area (Å²) in [4.78, 5) is 20.3. The lowest BCUT2D eigenvalue weighted by Crippen LogP contribution is -2.15. The Hall–Kier alpha value is -4.44. The van der Waals surface area contributed by atoms with E-state index in [-0.39, 0.29) is 22.5 Å². The third-order valence-corrected chi connectivity index (χ3v) is 5.98. The van der Waals surface area contributed by atoms with Crippen molar-refractivity contribution in [1.82, 2.24) is 9.97 Å². The minimum atomic E-state index is -3.89. The Kier molecular flexibility index (Phi) is 6.69. The van der Waals surface area contributed by atoms with Crippen molar-refractivity contribution >= 4 is 27.4 Å². The van der Waals surface area contributed by atoms with Crippen molar-refractivity contribution in [3.8, 4) is 17.4 Å². The van der Waals surface area contributed by atoms with E-state index in [2.05, 4.69) is 20.0 Å². The summed E-state index contributed by atoms with van der Waals surface area (Å²) in [6, 6.07) is 23.1. The Morgan fingerprint density at radius 1 is 0.853 bits per heavy atom. The molecule has 0 atom stereocenters. The smallest absolute Gasteiger partial charge is 0.263 e. The molecule has 0 saturated heterocycles. The van der Waals surface area contributed by atoms with E-state index < -0.39 is 10.0 Å². The molecule has 0 aliphatic rings. The van der Waals surface area contributed by atoms with Crippen LogP contribution in [-0.4, -0.2) is 31.4 Å². The molecule has 0 bridgehead atoms. The second kappa shape index (κ2) is 10.0. The largest absolute Gasteiger partial charge is 0.481 e. The van der Waals surface area contributed by atoms with E-state index in [9.17, 15) is 13.2 Å². The number of sulfonamides is 1. The maximum Gasteiger partial charge on any atom is 0.263 e. The molecule has 0 fully saturated rings. The van der Waals surface area contributed by atoms with Crippen LogP contribution in [0.5, 0.6) is 17.4 Å². The van der Waals surface area contributed by atoms with Gasteiger partial charge < -0.3 is 14.8 Å². The van der Waals surface area contributed by atoms with Crippen molar-refractivity contribution in [2.45, 2.75) is 4.90 Å². The van der Waals surface area contributed by atoms with Crippen molar-refractivity contribution in [3.05, 3.63) is 96.8 Å². The van der Waals surface area contributed by atoms with Gasteiger partial charge in [-0.3, -0.25) is 9.52 Å². The van der Waals surface area contributed by atoms with Crippen molar-refractivity contribution < 1.29 is 22.7 Å². The molecule has 172 valence electrons. The highest BCUT2D eigenvalue weighted by atomic mass is 32.2. The zero-order valence-corrected chi connectivity index (χ0v) is 18.8. The molecule has 0 unspecified atom stereocenters. The second-order valence-electron chi connectivity index (χ2n) is 6.97. The van der Waals surface area contributed by atoms with Gasteiger partial charge in [-0.25, -0.2) is 18.4 Å². The van der Waals surface area contributed by atoms with Crippen LogP contribution in [-0.2, 0) is 10.0 Å². The molecule has 4 rings (SSSR count). The first-order valence-electron chi connectivity index (χ1n) is 10.1. The number of hydrogen-bond donors (Lipinski definition) is 2. The van der Waals surface area contributed by atoms with Gasteiger partial charge in [0.25, 0.3) is 15.9 Å². The molecule has 0 radical (unpaired) electrons. The standard InChI is InChI=1S/C24H20N4O5S/c1-32-23-15-22(25-16-26-23)28-34(30,31)21-13-9-18(10-14-21)27-24(29)17-7-11-20(12-8-17)33-19-5-3-2-4-6-19/h2-16H,1H3,(H,27,29)(H,25,26,28). The average molecular weight is 477 g/mol. The van der Waals surface area contributed by atoms with E-state index in [1.165, 1.54) is 43.8 Å². The van der Waals surface area contributed by atoms with E-state index in [0.29, 0.717) is 22.7 Å². The highest BCUT2D eigenvalue weighted by Gasteiger charge is 2.16. The quantitative estimate of drug-likeness (QED) is 0.388. The molecule has 0 aliphatic heterocycles. The lowest BCUT2D eigenvalue weighted by atomic mass is 10.2. The summed E-state index contributed by atoms with van der Waals surface area (Å²) in [6.45, 7) is 0. The maximum absolute atomic E-state index is 12.6. The molecule has 4 aromatic rings. The van der Waals surface area contributed by atoms with Crippen molar-refractivity contribution in [2.24, 2.45) is 0 Å². The molecular weight excluding hydrogens is 456 g/mol. The zero-order chi connectivity index (χ0) is 24.0. The lowest BCUT2D eigenvalue weighted by molar-refractivity contribution is 0.102. The van der Waals surface area contributed by atoms with Gasteiger partial charge in [0.1, 0.15) is 23.6 Å². The molecule has 2 N–H and O–H groups in total. The Bertz CT molecular complexity index is 1380. The normalized spacial score (nSPS) is 10.9. The van der Waals surface area contributed by atoms with E-state index in [4.69, 9.17) is 9.47 Å². The fourth-order valence-electron chi connectivity index (χ4n) is 2.92. The van der Waals surface area contributed by atoms with Crippen LogP contribution in [0.2, 0.25) is 0 Å². The third kappa shape index (κ3) is 5.67. The van der Waals surface area contributed by atoms with E-state index in [0.717, 1.165) is 0 Å². The molecular formula is C24H20N4O5S. The summed E-state index contributed by atoms with van der Waals surface area (Å²) < 4.78 is 38.3. The fourth-order valence-corrected chi connectivity index (χ4v) is 3.92. The number of carbonyl (C=O) groups is 1. The summed E-state index contributed by atoms with van der Waals surface area (Å²) in [5.74, 6) is 1.26. The van der Waals surface area contributed by atoms with Gasteiger partial charge in [-0.15, -0.1) is 0 Å². The molecule has 10 heteroatoms. The van der Waals surface area contributed by atoms with E-state index in [1.807, 2.05) is 30.3 Å². The summed E-state index contributed by atoms with van der Waals surface area (Å²) in [6.07, 6.45) is 1.19. The number of nitrogens with zero attached hydrogens (tertiary/aromatic N) is 2. The van der Waals surface area contributed by atoms with E-state index in [1.54, 1.807) is 24.3 Å². The van der Waals surface area contributed by atoms with Crippen LogP contribution >= 0.6 is 0 Å². The topological polar surface area (TPSA) is 120 Å². The van der Waals surface area contributed by atoms with Gasteiger partial charge >= 0.3 is 0 Å². The third-order valence-electron chi connectivity index (χ3n) is 4.61. The number of anilines is 2. The second-order valence-corrected chi connectivity index (χ2v) is 8.65. The number of rotatable bonds is 8. The van der Waals surface area contributed by atoms with Gasteiger partial charge in [0, 0.05) is 17.3 Å². The first kappa shape index (κ1) is 22.7. The Balaban J connectivity index is 1.39. The number of ether oxygens (including phenoxy) is 2. The number of aromatic nitrogens is 2. The SMILES string of the molecule is COc1cc(NS(=O)(=O)c2ccc(NC(=O)c3ccc(Oc4ccccc4)cc3)cc2)ncn1. The van der Waals surface area contributed by atoms with Gasteiger partial charge in [0.15, 0.2) is 0 Å². The van der Waals surface area contributed by atoms with Crippen LogP contribution in [0.3, 0.4) is 0 Å². The van der Waals surface area contributed by atoms with E-state index >= 15 is 0 Å². The highest BCUT2D eigenvalue weighted by Crippen LogP contribution is 2.22. The Labute approximate surface area is 196 Å². The van der Waals surface area contributed by atoms with Gasteiger partial charge in [0.05, 0.1) is 12.0 Å². The van der Waals surface area contributed by atoms with Crippen LogP contribution in [0.25, 0.3) is 0 Å². The molecule has 0 spiro atoms. The number of nitrogens with one attached hydrogen (secondary N) is 2. The van der Waals surface area contributed by atoms with Crippen LogP contribution in [0, 0.1) is 0 Å². The number of hydrogen-bond acceptors (Lipinski definition) is 7. The summed E-state index contributed by atoms with van der Waals surface area (Å²) in [5.41, 5.74) is 0.869. The lowest BCUT2D eigenvalue weighted by Gasteiger charge is -2.10. The Morgan fingerprint density at radius 2 is 1.53 bits per heavy atom. The highest BCUT2D eigenvalue weighted by molar-refractivity contribution is 7.92. The van der Waals surface area contributed by atoms with Crippen LogP contribution in [0.15, 0.2) is 96.2 Å². The number of benzene rings is 3. The first-order valence-corrected chi connectivity index (χ1v) is 11.5.